The minimum absolute atomic E-state index is 0.102. The van der Waals surface area contributed by atoms with Crippen molar-refractivity contribution >= 4 is 17.4 Å². The summed E-state index contributed by atoms with van der Waals surface area (Å²) in [6.07, 6.45) is 0.573. The first kappa shape index (κ1) is 25.5. The number of ether oxygens (including phenoxy) is 2. The number of nitrogens with zero attached hydrogens (tertiary/aromatic N) is 1. The Morgan fingerprint density at radius 3 is 2.50 bits per heavy atom. The topological polar surface area (TPSA) is 76.1 Å². The Morgan fingerprint density at radius 2 is 1.85 bits per heavy atom. The smallest absolute Gasteiger partial charge is 0.295 e. The lowest BCUT2D eigenvalue weighted by molar-refractivity contribution is -0.140. The van der Waals surface area contributed by atoms with Crippen LogP contribution in [0.25, 0.3) is 5.76 Å². The van der Waals surface area contributed by atoms with E-state index < -0.39 is 17.7 Å². The number of hydrogen-bond donors (Lipinski definition) is 1. The number of amides is 1. The second-order valence-corrected chi connectivity index (χ2v) is 9.62. The average molecular weight is 466 g/mol. The number of rotatable bonds is 8. The van der Waals surface area contributed by atoms with Gasteiger partial charge in [0, 0.05) is 25.8 Å². The lowest BCUT2D eigenvalue weighted by Gasteiger charge is -2.26. The average Bonchev–Trinajstić information content (AvgIpc) is 3.04. The van der Waals surface area contributed by atoms with Gasteiger partial charge in [-0.1, -0.05) is 45.0 Å². The zero-order valence-electron chi connectivity index (χ0n) is 21.0. The normalized spacial score (nSPS) is 17.9. The highest BCUT2D eigenvalue weighted by Crippen LogP contribution is 2.41. The maximum atomic E-state index is 13.3. The Morgan fingerprint density at radius 1 is 1.12 bits per heavy atom. The van der Waals surface area contributed by atoms with E-state index in [9.17, 15) is 14.7 Å². The molecule has 2 aromatic rings. The van der Waals surface area contributed by atoms with Crippen LogP contribution in [0.1, 0.15) is 62.4 Å². The third kappa shape index (κ3) is 5.17. The lowest BCUT2D eigenvalue weighted by Crippen LogP contribution is -2.31. The Bertz CT molecular complexity index is 1100. The maximum absolute atomic E-state index is 13.3. The van der Waals surface area contributed by atoms with E-state index in [1.165, 1.54) is 4.90 Å². The van der Waals surface area contributed by atoms with Crippen molar-refractivity contribution in [2.45, 2.75) is 52.5 Å². The van der Waals surface area contributed by atoms with Crippen molar-refractivity contribution < 1.29 is 24.2 Å². The van der Waals surface area contributed by atoms with Gasteiger partial charge in [0.05, 0.1) is 18.2 Å². The van der Waals surface area contributed by atoms with E-state index in [1.807, 2.05) is 56.3 Å². The highest BCUT2D eigenvalue weighted by atomic mass is 16.5. The summed E-state index contributed by atoms with van der Waals surface area (Å²) in [6, 6.07) is 12.5. The fourth-order valence-corrected chi connectivity index (χ4v) is 4.27. The van der Waals surface area contributed by atoms with E-state index in [2.05, 4.69) is 20.8 Å². The second-order valence-electron chi connectivity index (χ2n) is 9.62. The van der Waals surface area contributed by atoms with Crippen LogP contribution in [0.4, 0.5) is 0 Å². The summed E-state index contributed by atoms with van der Waals surface area (Å²) < 4.78 is 10.8. The van der Waals surface area contributed by atoms with Crippen LogP contribution in [0.2, 0.25) is 0 Å². The van der Waals surface area contributed by atoms with E-state index in [-0.39, 0.29) is 16.7 Å². The monoisotopic (exact) mass is 465 g/mol. The molecule has 0 spiro atoms. The molecular formula is C28H35NO5. The minimum Gasteiger partial charge on any atom is -0.507 e. The minimum atomic E-state index is -0.713. The second kappa shape index (κ2) is 10.4. The van der Waals surface area contributed by atoms with Crippen molar-refractivity contribution in [2.24, 2.45) is 0 Å². The van der Waals surface area contributed by atoms with Crippen LogP contribution in [0.3, 0.4) is 0 Å². The zero-order valence-corrected chi connectivity index (χ0v) is 21.0. The third-order valence-corrected chi connectivity index (χ3v) is 6.13. The van der Waals surface area contributed by atoms with Crippen LogP contribution in [0, 0.1) is 6.92 Å². The molecule has 1 unspecified atom stereocenters. The van der Waals surface area contributed by atoms with E-state index in [0.717, 1.165) is 11.1 Å². The molecule has 0 radical (unpaired) electrons. The first-order valence-electron chi connectivity index (χ1n) is 11.7. The molecule has 0 bridgehead atoms. The largest absolute Gasteiger partial charge is 0.507 e. The number of aryl methyl sites for hydroxylation is 1. The summed E-state index contributed by atoms with van der Waals surface area (Å²) in [5.41, 5.74) is 3.11. The number of ketones is 1. The SMILES string of the molecule is CCOc1cccc(C2/C(=C(\O)c3cc(C(C)(C)C)ccc3C)C(=O)C(=O)N2CCCOC)c1. The molecule has 0 saturated carbocycles. The van der Waals surface area contributed by atoms with Gasteiger partial charge < -0.3 is 19.5 Å². The summed E-state index contributed by atoms with van der Waals surface area (Å²) in [6.45, 7) is 11.4. The predicted octanol–water partition coefficient (Wildman–Crippen LogP) is 5.15. The highest BCUT2D eigenvalue weighted by Gasteiger charge is 2.46. The number of benzene rings is 2. The van der Waals surface area contributed by atoms with Crippen LogP contribution >= 0.6 is 0 Å². The van der Waals surface area contributed by atoms with Crippen LogP contribution in [-0.4, -0.2) is 48.6 Å². The molecule has 6 nitrogen and oxygen atoms in total. The Labute approximate surface area is 202 Å². The van der Waals surface area contributed by atoms with Gasteiger partial charge in [-0.2, -0.15) is 0 Å². The first-order chi connectivity index (χ1) is 16.1. The number of Topliss-reactive ketones (excluding diaryl/α,β-unsaturated/α-hetero) is 1. The van der Waals surface area contributed by atoms with Gasteiger partial charge in [0.15, 0.2) is 0 Å². The summed E-state index contributed by atoms with van der Waals surface area (Å²) in [4.78, 5) is 27.9. The van der Waals surface area contributed by atoms with Gasteiger partial charge in [-0.05, 0) is 60.6 Å². The summed E-state index contributed by atoms with van der Waals surface area (Å²) in [5, 5.41) is 11.5. The van der Waals surface area contributed by atoms with E-state index in [4.69, 9.17) is 9.47 Å². The van der Waals surface area contributed by atoms with Crippen LogP contribution in [0.15, 0.2) is 48.0 Å². The number of likely N-dealkylation sites (tertiary alicyclic amines) is 1. The van der Waals surface area contributed by atoms with Crippen molar-refractivity contribution in [1.82, 2.24) is 4.90 Å². The summed E-state index contributed by atoms with van der Waals surface area (Å²) >= 11 is 0. The van der Waals surface area contributed by atoms with Gasteiger partial charge >= 0.3 is 0 Å². The molecule has 1 aliphatic rings. The molecule has 6 heteroatoms. The van der Waals surface area contributed by atoms with E-state index in [0.29, 0.717) is 43.1 Å². The summed E-state index contributed by atoms with van der Waals surface area (Å²) in [5.74, 6) is -0.798. The molecular weight excluding hydrogens is 430 g/mol. The Hall–Kier alpha value is -3.12. The molecule has 1 amide bonds. The number of hydrogen-bond acceptors (Lipinski definition) is 5. The van der Waals surface area contributed by atoms with Crippen LogP contribution < -0.4 is 4.74 Å². The highest BCUT2D eigenvalue weighted by molar-refractivity contribution is 6.46. The van der Waals surface area contributed by atoms with Gasteiger partial charge in [0.2, 0.25) is 0 Å². The fourth-order valence-electron chi connectivity index (χ4n) is 4.27. The molecule has 3 rings (SSSR count). The molecule has 1 fully saturated rings. The predicted molar refractivity (Wildman–Crippen MR) is 133 cm³/mol. The molecule has 182 valence electrons. The molecule has 1 aliphatic heterocycles. The first-order valence-corrected chi connectivity index (χ1v) is 11.7. The molecule has 1 saturated heterocycles. The molecule has 0 aliphatic carbocycles. The fraction of sp³-hybridized carbons (Fsp3) is 0.429. The van der Waals surface area contributed by atoms with Gasteiger partial charge in [0.1, 0.15) is 11.5 Å². The van der Waals surface area contributed by atoms with Crippen molar-refractivity contribution in [2.75, 3.05) is 26.9 Å². The van der Waals surface area contributed by atoms with Crippen molar-refractivity contribution in [3.63, 3.8) is 0 Å². The number of aliphatic hydroxyl groups excluding tert-OH is 1. The molecule has 34 heavy (non-hydrogen) atoms. The number of carbonyl (C=O) groups excluding carboxylic acids is 2. The molecule has 1 atom stereocenters. The Kier molecular flexibility index (Phi) is 7.82. The van der Waals surface area contributed by atoms with Crippen molar-refractivity contribution in [3.8, 4) is 5.75 Å². The van der Waals surface area contributed by atoms with Crippen LogP contribution in [-0.2, 0) is 19.7 Å². The number of carbonyl (C=O) groups is 2. The number of methoxy groups -OCH3 is 1. The van der Waals surface area contributed by atoms with E-state index >= 15 is 0 Å². The van der Waals surface area contributed by atoms with Gasteiger partial charge in [-0.15, -0.1) is 0 Å². The molecule has 0 aromatic heterocycles. The van der Waals surface area contributed by atoms with E-state index in [1.54, 1.807) is 7.11 Å². The van der Waals surface area contributed by atoms with Gasteiger partial charge in [0.25, 0.3) is 11.7 Å². The van der Waals surface area contributed by atoms with Crippen LogP contribution in [0.5, 0.6) is 5.75 Å². The summed E-state index contributed by atoms with van der Waals surface area (Å²) in [7, 11) is 1.60. The molecule has 2 aromatic carbocycles. The standard InChI is InChI=1S/C28H35NO5/c1-7-34-21-11-8-10-19(16-21)24-23(26(31)27(32)29(24)14-9-15-33-6)25(30)22-17-20(28(3,4)5)13-12-18(22)2/h8,10-13,16-17,24,30H,7,9,14-15H2,1-6H3/b25-23+. The third-order valence-electron chi connectivity index (χ3n) is 6.13. The molecule has 1 N–H and O–H groups in total. The van der Waals surface area contributed by atoms with Gasteiger partial charge in [-0.3, -0.25) is 9.59 Å². The zero-order chi connectivity index (χ0) is 25.0. The molecule has 1 heterocycles. The number of aliphatic hydroxyl groups is 1. The Balaban J connectivity index is 2.20. The quantitative estimate of drug-likeness (QED) is 0.253. The van der Waals surface area contributed by atoms with Gasteiger partial charge in [-0.25, -0.2) is 0 Å². The van der Waals surface area contributed by atoms with Crippen molar-refractivity contribution in [1.29, 1.82) is 0 Å². The lowest BCUT2D eigenvalue weighted by atomic mass is 9.84. The van der Waals surface area contributed by atoms with Crippen molar-refractivity contribution in [3.05, 3.63) is 70.3 Å². The maximum Gasteiger partial charge on any atom is 0.295 e.